The van der Waals surface area contributed by atoms with Gasteiger partial charge in [-0.05, 0) is 59.7 Å². The summed E-state index contributed by atoms with van der Waals surface area (Å²) in [7, 11) is 0. The number of aliphatic hydroxyl groups is 1. The lowest BCUT2D eigenvalue weighted by atomic mass is 10.1. The highest BCUT2D eigenvalue weighted by Gasteiger charge is 2.14. The Kier molecular flexibility index (Phi) is 10.1. The van der Waals surface area contributed by atoms with Gasteiger partial charge in [0.15, 0.2) is 0 Å². The standard InChI is InChI=1S/C24H30N2O4S/c1-4-31-21-11-5-18(6-12-21)15-22(24(29)25-13-14-27)26-23(28)19-7-9-20(10-8-19)30-16-17(2)3/h5-12,15,17,27H,4,13-14,16H2,1-3H3,(H,25,29)(H,26,28)/b22-15-. The molecule has 166 valence electrons. The first-order chi connectivity index (χ1) is 14.9. The number of carbonyl (C=O) groups is 2. The minimum absolute atomic E-state index is 0.0972. The number of hydrogen-bond acceptors (Lipinski definition) is 5. The first kappa shape index (κ1) is 24.5. The van der Waals surface area contributed by atoms with E-state index in [1.807, 2.05) is 24.3 Å². The van der Waals surface area contributed by atoms with Gasteiger partial charge in [-0.15, -0.1) is 11.8 Å². The molecule has 6 nitrogen and oxygen atoms in total. The van der Waals surface area contributed by atoms with E-state index < -0.39 is 11.8 Å². The molecule has 0 saturated heterocycles. The molecule has 0 atom stereocenters. The maximum atomic E-state index is 12.7. The topological polar surface area (TPSA) is 87.7 Å². The van der Waals surface area contributed by atoms with Gasteiger partial charge >= 0.3 is 0 Å². The number of benzene rings is 2. The molecule has 0 unspecified atom stereocenters. The van der Waals surface area contributed by atoms with E-state index in [4.69, 9.17) is 9.84 Å². The van der Waals surface area contributed by atoms with E-state index in [-0.39, 0.29) is 18.8 Å². The normalized spacial score (nSPS) is 11.3. The molecule has 0 radical (unpaired) electrons. The average Bonchev–Trinajstić information content (AvgIpc) is 2.77. The second-order valence-electron chi connectivity index (χ2n) is 7.22. The van der Waals surface area contributed by atoms with Gasteiger partial charge in [-0.2, -0.15) is 0 Å². The maximum Gasteiger partial charge on any atom is 0.267 e. The van der Waals surface area contributed by atoms with Crippen molar-refractivity contribution in [3.05, 3.63) is 65.4 Å². The molecule has 0 aromatic heterocycles. The highest BCUT2D eigenvalue weighted by atomic mass is 32.2. The first-order valence-corrected chi connectivity index (χ1v) is 11.3. The lowest BCUT2D eigenvalue weighted by Gasteiger charge is -2.12. The van der Waals surface area contributed by atoms with E-state index in [0.29, 0.717) is 23.8 Å². The summed E-state index contributed by atoms with van der Waals surface area (Å²) in [6, 6.07) is 14.5. The third-order valence-electron chi connectivity index (χ3n) is 4.09. The number of rotatable bonds is 11. The summed E-state index contributed by atoms with van der Waals surface area (Å²) in [4.78, 5) is 26.4. The minimum atomic E-state index is -0.466. The van der Waals surface area contributed by atoms with Crippen molar-refractivity contribution in [2.75, 3.05) is 25.5 Å². The molecule has 0 spiro atoms. The van der Waals surface area contributed by atoms with Crippen LogP contribution in [0, 0.1) is 5.92 Å². The smallest absolute Gasteiger partial charge is 0.267 e. The molecule has 31 heavy (non-hydrogen) atoms. The quantitative estimate of drug-likeness (QED) is 0.365. The van der Waals surface area contributed by atoms with Gasteiger partial charge in [0, 0.05) is 17.0 Å². The summed E-state index contributed by atoms with van der Waals surface area (Å²) in [5, 5.41) is 14.3. The van der Waals surface area contributed by atoms with Gasteiger partial charge in [-0.3, -0.25) is 9.59 Å². The summed E-state index contributed by atoms with van der Waals surface area (Å²) in [5.74, 6) is 1.20. The van der Waals surface area contributed by atoms with Crippen LogP contribution in [0.5, 0.6) is 5.75 Å². The zero-order chi connectivity index (χ0) is 22.6. The number of amides is 2. The van der Waals surface area contributed by atoms with Crippen molar-refractivity contribution in [3.63, 3.8) is 0 Å². The number of hydrogen-bond donors (Lipinski definition) is 3. The molecule has 0 aliphatic rings. The van der Waals surface area contributed by atoms with E-state index >= 15 is 0 Å². The molecule has 2 aromatic carbocycles. The molecule has 0 saturated carbocycles. The van der Waals surface area contributed by atoms with Gasteiger partial charge in [0.1, 0.15) is 11.4 Å². The van der Waals surface area contributed by atoms with Crippen LogP contribution in [0.3, 0.4) is 0 Å². The van der Waals surface area contributed by atoms with Gasteiger partial charge < -0.3 is 20.5 Å². The van der Waals surface area contributed by atoms with E-state index in [2.05, 4.69) is 31.4 Å². The van der Waals surface area contributed by atoms with Crippen molar-refractivity contribution in [3.8, 4) is 5.75 Å². The first-order valence-electron chi connectivity index (χ1n) is 10.3. The Morgan fingerprint density at radius 3 is 2.35 bits per heavy atom. The Bertz CT molecular complexity index is 877. The Labute approximate surface area is 188 Å². The molecule has 2 rings (SSSR count). The molecule has 0 heterocycles. The fourth-order valence-electron chi connectivity index (χ4n) is 2.58. The minimum Gasteiger partial charge on any atom is -0.493 e. The molecule has 2 amide bonds. The molecule has 0 aliphatic carbocycles. The van der Waals surface area contributed by atoms with Gasteiger partial charge in [0.25, 0.3) is 11.8 Å². The van der Waals surface area contributed by atoms with Gasteiger partial charge in [0.2, 0.25) is 0 Å². The van der Waals surface area contributed by atoms with Crippen LogP contribution in [-0.2, 0) is 4.79 Å². The van der Waals surface area contributed by atoms with Crippen molar-refractivity contribution in [2.24, 2.45) is 5.92 Å². The van der Waals surface area contributed by atoms with Crippen LogP contribution in [0.15, 0.2) is 59.1 Å². The van der Waals surface area contributed by atoms with Crippen molar-refractivity contribution < 1.29 is 19.4 Å². The van der Waals surface area contributed by atoms with Crippen LogP contribution in [-0.4, -0.2) is 42.4 Å². The van der Waals surface area contributed by atoms with E-state index in [0.717, 1.165) is 16.2 Å². The number of nitrogens with one attached hydrogen (secondary N) is 2. The third kappa shape index (κ3) is 8.47. The predicted octanol–water partition coefficient (Wildman–Crippen LogP) is 3.71. The molecule has 0 aliphatic heterocycles. The van der Waals surface area contributed by atoms with E-state index in [1.165, 1.54) is 0 Å². The summed E-state index contributed by atoms with van der Waals surface area (Å²) in [6.45, 7) is 6.72. The Morgan fingerprint density at radius 1 is 1.10 bits per heavy atom. The predicted molar refractivity (Wildman–Crippen MR) is 125 cm³/mol. The molecule has 3 N–H and O–H groups in total. The average molecular weight is 443 g/mol. The van der Waals surface area contributed by atoms with Crippen LogP contribution in [0.4, 0.5) is 0 Å². The van der Waals surface area contributed by atoms with Crippen LogP contribution in [0.25, 0.3) is 6.08 Å². The Hall–Kier alpha value is -2.77. The molecule has 2 aromatic rings. The molecular weight excluding hydrogens is 412 g/mol. The zero-order valence-electron chi connectivity index (χ0n) is 18.2. The Balaban J connectivity index is 2.16. The number of ether oxygens (including phenoxy) is 1. The summed E-state index contributed by atoms with van der Waals surface area (Å²) >= 11 is 1.73. The summed E-state index contributed by atoms with van der Waals surface area (Å²) in [5.41, 5.74) is 1.30. The monoisotopic (exact) mass is 442 g/mol. The van der Waals surface area contributed by atoms with Crippen molar-refractivity contribution in [1.82, 2.24) is 10.6 Å². The maximum absolute atomic E-state index is 12.7. The van der Waals surface area contributed by atoms with Crippen LogP contribution in [0.1, 0.15) is 36.7 Å². The number of carbonyl (C=O) groups excluding carboxylic acids is 2. The van der Waals surface area contributed by atoms with E-state index in [9.17, 15) is 9.59 Å². The highest BCUT2D eigenvalue weighted by Crippen LogP contribution is 2.19. The van der Waals surface area contributed by atoms with Gasteiger partial charge in [-0.25, -0.2) is 0 Å². The molecule has 0 fully saturated rings. The van der Waals surface area contributed by atoms with Crippen molar-refractivity contribution in [2.45, 2.75) is 25.7 Å². The lowest BCUT2D eigenvalue weighted by molar-refractivity contribution is -0.117. The second kappa shape index (κ2) is 12.8. The highest BCUT2D eigenvalue weighted by molar-refractivity contribution is 7.99. The molecular formula is C24H30N2O4S. The van der Waals surface area contributed by atoms with Crippen LogP contribution < -0.4 is 15.4 Å². The van der Waals surface area contributed by atoms with Crippen molar-refractivity contribution in [1.29, 1.82) is 0 Å². The van der Waals surface area contributed by atoms with E-state index in [1.54, 1.807) is 42.1 Å². The number of thioether (sulfide) groups is 1. The van der Waals surface area contributed by atoms with Crippen molar-refractivity contribution >= 4 is 29.7 Å². The second-order valence-corrected chi connectivity index (χ2v) is 8.56. The SMILES string of the molecule is CCSc1ccc(/C=C(\NC(=O)c2ccc(OCC(C)C)cc2)C(=O)NCCO)cc1. The molecule has 0 bridgehead atoms. The molecule has 7 heteroatoms. The Morgan fingerprint density at radius 2 is 1.77 bits per heavy atom. The van der Waals surface area contributed by atoms with Crippen LogP contribution in [0.2, 0.25) is 0 Å². The lowest BCUT2D eigenvalue weighted by Crippen LogP contribution is -2.36. The fourth-order valence-corrected chi connectivity index (χ4v) is 3.24. The summed E-state index contributed by atoms with van der Waals surface area (Å²) < 4.78 is 5.64. The van der Waals surface area contributed by atoms with Gasteiger partial charge in [0.05, 0.1) is 13.2 Å². The van der Waals surface area contributed by atoms with Gasteiger partial charge in [-0.1, -0.05) is 32.9 Å². The van der Waals surface area contributed by atoms with Crippen LogP contribution >= 0.6 is 11.8 Å². The fraction of sp³-hybridized carbons (Fsp3) is 0.333. The summed E-state index contributed by atoms with van der Waals surface area (Å²) in [6.07, 6.45) is 1.62. The third-order valence-corrected chi connectivity index (χ3v) is 4.99. The zero-order valence-corrected chi connectivity index (χ0v) is 19.0. The number of aliphatic hydroxyl groups excluding tert-OH is 1. The largest absolute Gasteiger partial charge is 0.493 e.